The molecular weight excluding hydrogens is 280 g/mol. The van der Waals surface area contributed by atoms with Gasteiger partial charge in [-0.15, -0.1) is 0 Å². The highest BCUT2D eigenvalue weighted by Crippen LogP contribution is 2.16. The van der Waals surface area contributed by atoms with E-state index >= 15 is 0 Å². The third kappa shape index (κ3) is 4.45. The maximum atomic E-state index is 11.2. The van der Waals surface area contributed by atoms with Crippen LogP contribution in [0.1, 0.15) is 25.8 Å². The number of hydrogen-bond acceptors (Lipinski definition) is 4. The number of piperazine rings is 1. The topological polar surface area (TPSA) is 53.0 Å². The summed E-state index contributed by atoms with van der Waals surface area (Å²) in [5.74, 6) is 0.200. The third-order valence-electron chi connectivity index (χ3n) is 4.16. The Morgan fingerprint density at radius 1 is 1.18 bits per heavy atom. The summed E-state index contributed by atoms with van der Waals surface area (Å²) in [6.07, 6.45) is 0.661. The Hall–Kier alpha value is -1.59. The minimum absolute atomic E-state index is 0.340. The maximum absolute atomic E-state index is 11.2. The Kier molecular flexibility index (Phi) is 6.21. The molecule has 1 aromatic rings. The van der Waals surface area contributed by atoms with Gasteiger partial charge in [0, 0.05) is 32.7 Å². The van der Waals surface area contributed by atoms with Crippen LogP contribution in [-0.4, -0.2) is 59.7 Å². The van der Waals surface area contributed by atoms with Gasteiger partial charge < -0.3 is 9.84 Å². The first-order chi connectivity index (χ1) is 10.6. The van der Waals surface area contributed by atoms with Crippen molar-refractivity contribution in [3.63, 3.8) is 0 Å². The van der Waals surface area contributed by atoms with Crippen LogP contribution in [0.4, 0.5) is 0 Å². The average Bonchev–Trinajstić information content (AvgIpc) is 2.51. The molecule has 5 nitrogen and oxygen atoms in total. The van der Waals surface area contributed by atoms with Crippen LogP contribution in [0, 0.1) is 0 Å². The van der Waals surface area contributed by atoms with Gasteiger partial charge in [-0.3, -0.25) is 14.6 Å². The van der Waals surface area contributed by atoms with Gasteiger partial charge in [-0.1, -0.05) is 19.1 Å². The Balaban J connectivity index is 1.83. The predicted molar refractivity (Wildman–Crippen MR) is 86.2 cm³/mol. The summed E-state index contributed by atoms with van der Waals surface area (Å²) in [6.45, 7) is 8.98. The van der Waals surface area contributed by atoms with Crippen molar-refractivity contribution in [1.82, 2.24) is 9.80 Å². The first-order valence-electron chi connectivity index (χ1n) is 8.05. The van der Waals surface area contributed by atoms with Crippen LogP contribution in [0.25, 0.3) is 0 Å². The molecule has 1 aliphatic rings. The molecule has 1 heterocycles. The molecule has 5 heteroatoms. The largest absolute Gasteiger partial charge is 0.494 e. The third-order valence-corrected chi connectivity index (χ3v) is 4.16. The Morgan fingerprint density at radius 2 is 1.82 bits per heavy atom. The molecule has 1 fully saturated rings. The van der Waals surface area contributed by atoms with Gasteiger partial charge in [0.15, 0.2) is 0 Å². The van der Waals surface area contributed by atoms with Crippen molar-refractivity contribution in [2.24, 2.45) is 0 Å². The van der Waals surface area contributed by atoms with E-state index in [-0.39, 0.29) is 6.04 Å². The summed E-state index contributed by atoms with van der Waals surface area (Å²) in [4.78, 5) is 15.7. The smallest absolute Gasteiger partial charge is 0.320 e. The number of aliphatic carboxylic acids is 1. The maximum Gasteiger partial charge on any atom is 0.320 e. The molecule has 0 amide bonds. The van der Waals surface area contributed by atoms with Gasteiger partial charge in [-0.05, 0) is 31.0 Å². The van der Waals surface area contributed by atoms with Gasteiger partial charge in [-0.25, -0.2) is 0 Å². The van der Waals surface area contributed by atoms with Gasteiger partial charge in [0.05, 0.1) is 6.61 Å². The molecule has 122 valence electrons. The van der Waals surface area contributed by atoms with E-state index in [4.69, 9.17) is 4.74 Å². The van der Waals surface area contributed by atoms with Gasteiger partial charge >= 0.3 is 5.97 Å². The molecule has 1 N–H and O–H groups in total. The highest BCUT2D eigenvalue weighted by atomic mass is 16.5. The van der Waals surface area contributed by atoms with E-state index in [1.165, 1.54) is 5.56 Å². The lowest BCUT2D eigenvalue weighted by Crippen LogP contribution is -2.52. The number of benzene rings is 1. The first-order valence-corrected chi connectivity index (χ1v) is 8.05. The van der Waals surface area contributed by atoms with E-state index in [1.54, 1.807) is 0 Å². The number of carboxylic acid groups (broad SMARTS) is 1. The monoisotopic (exact) mass is 306 g/mol. The molecule has 0 bridgehead atoms. The predicted octanol–water partition coefficient (Wildman–Crippen LogP) is 2.07. The lowest BCUT2D eigenvalue weighted by atomic mass is 10.1. The van der Waals surface area contributed by atoms with Crippen LogP contribution in [-0.2, 0) is 11.3 Å². The number of ether oxygens (including phenoxy) is 1. The van der Waals surface area contributed by atoms with Crippen LogP contribution in [0.15, 0.2) is 24.3 Å². The molecule has 0 radical (unpaired) electrons. The zero-order chi connectivity index (χ0) is 15.9. The van der Waals surface area contributed by atoms with Gasteiger partial charge in [0.2, 0.25) is 0 Å². The summed E-state index contributed by atoms with van der Waals surface area (Å²) in [5, 5.41) is 9.23. The minimum Gasteiger partial charge on any atom is -0.494 e. The van der Waals surface area contributed by atoms with Crippen LogP contribution in [0.5, 0.6) is 5.75 Å². The fourth-order valence-corrected chi connectivity index (χ4v) is 2.94. The van der Waals surface area contributed by atoms with Crippen molar-refractivity contribution >= 4 is 5.97 Å². The molecule has 1 aromatic carbocycles. The lowest BCUT2D eigenvalue weighted by Gasteiger charge is -2.37. The molecule has 0 spiro atoms. The molecule has 0 aromatic heterocycles. The van der Waals surface area contributed by atoms with E-state index in [2.05, 4.69) is 21.9 Å². The Morgan fingerprint density at radius 3 is 2.32 bits per heavy atom. The minimum atomic E-state index is -0.706. The van der Waals surface area contributed by atoms with Crippen LogP contribution in [0.3, 0.4) is 0 Å². The molecule has 0 saturated carbocycles. The second kappa shape index (κ2) is 8.15. The Bertz CT molecular complexity index is 467. The summed E-state index contributed by atoms with van der Waals surface area (Å²) >= 11 is 0. The zero-order valence-corrected chi connectivity index (χ0v) is 13.5. The second-order valence-corrected chi connectivity index (χ2v) is 5.65. The van der Waals surface area contributed by atoms with E-state index in [1.807, 2.05) is 26.0 Å². The molecule has 22 heavy (non-hydrogen) atoms. The summed E-state index contributed by atoms with van der Waals surface area (Å²) < 4.78 is 5.45. The van der Waals surface area contributed by atoms with Crippen molar-refractivity contribution in [2.75, 3.05) is 32.8 Å². The van der Waals surface area contributed by atoms with Crippen LogP contribution in [0.2, 0.25) is 0 Å². The molecule has 0 unspecified atom stereocenters. The first kappa shape index (κ1) is 16.8. The molecule has 1 saturated heterocycles. The van der Waals surface area contributed by atoms with E-state index in [0.717, 1.165) is 38.5 Å². The standard InChI is InChI=1S/C17H26N2O3/c1-3-16(17(20)21)19-11-9-18(10-12-19)13-14-5-7-15(8-6-14)22-4-2/h5-8,16H,3-4,9-13H2,1-2H3,(H,20,21)/t16-/m0/s1. The van der Waals surface area contributed by atoms with Crippen molar-refractivity contribution in [2.45, 2.75) is 32.9 Å². The van der Waals surface area contributed by atoms with Gasteiger partial charge in [0.25, 0.3) is 0 Å². The lowest BCUT2D eigenvalue weighted by molar-refractivity contribution is -0.144. The van der Waals surface area contributed by atoms with Crippen molar-refractivity contribution in [3.05, 3.63) is 29.8 Å². The average molecular weight is 306 g/mol. The second-order valence-electron chi connectivity index (χ2n) is 5.65. The van der Waals surface area contributed by atoms with Gasteiger partial charge in [0.1, 0.15) is 11.8 Å². The van der Waals surface area contributed by atoms with E-state index in [0.29, 0.717) is 13.0 Å². The van der Waals surface area contributed by atoms with Crippen LogP contribution >= 0.6 is 0 Å². The fourth-order valence-electron chi connectivity index (χ4n) is 2.94. The number of hydrogen-bond donors (Lipinski definition) is 1. The SMILES string of the molecule is CCOc1ccc(CN2CCN([C@@H](CC)C(=O)O)CC2)cc1. The number of rotatable bonds is 7. The highest BCUT2D eigenvalue weighted by Gasteiger charge is 2.27. The zero-order valence-electron chi connectivity index (χ0n) is 13.5. The molecular formula is C17H26N2O3. The quantitative estimate of drug-likeness (QED) is 0.836. The molecule has 2 rings (SSSR count). The molecule has 1 atom stereocenters. The number of carboxylic acids is 1. The van der Waals surface area contributed by atoms with Crippen molar-refractivity contribution < 1.29 is 14.6 Å². The van der Waals surface area contributed by atoms with E-state index in [9.17, 15) is 9.90 Å². The normalized spacial score (nSPS) is 18.1. The number of carbonyl (C=O) groups is 1. The summed E-state index contributed by atoms with van der Waals surface area (Å²) in [5.41, 5.74) is 1.27. The summed E-state index contributed by atoms with van der Waals surface area (Å²) in [7, 11) is 0. The number of nitrogens with zero attached hydrogens (tertiary/aromatic N) is 2. The van der Waals surface area contributed by atoms with E-state index < -0.39 is 5.97 Å². The van der Waals surface area contributed by atoms with Crippen LogP contribution < -0.4 is 4.74 Å². The Labute approximate surface area is 132 Å². The highest BCUT2D eigenvalue weighted by molar-refractivity contribution is 5.73. The summed E-state index contributed by atoms with van der Waals surface area (Å²) in [6, 6.07) is 7.87. The molecule has 0 aliphatic carbocycles. The molecule has 1 aliphatic heterocycles. The van der Waals surface area contributed by atoms with Crippen molar-refractivity contribution in [3.8, 4) is 5.75 Å². The van der Waals surface area contributed by atoms with Crippen molar-refractivity contribution in [1.29, 1.82) is 0 Å². The van der Waals surface area contributed by atoms with Gasteiger partial charge in [-0.2, -0.15) is 0 Å². The fraction of sp³-hybridized carbons (Fsp3) is 0.588.